The quantitative estimate of drug-likeness (QED) is 0.798. The molecule has 1 amide bonds. The second kappa shape index (κ2) is 6.68. The number of rotatable bonds is 4. The van der Waals surface area contributed by atoms with Crippen LogP contribution < -0.4 is 5.32 Å². The Hall–Kier alpha value is -1.65. The average molecular weight is 278 g/mol. The third-order valence-corrected chi connectivity index (χ3v) is 3.44. The highest BCUT2D eigenvalue weighted by atomic mass is 16.2. The lowest BCUT2D eigenvalue weighted by Gasteiger charge is -2.20. The van der Waals surface area contributed by atoms with E-state index in [2.05, 4.69) is 42.8 Å². The van der Waals surface area contributed by atoms with Crippen LogP contribution in [0.3, 0.4) is 0 Å². The SMILES string of the molecule is C=N/C(=C\C(=N/C)C(C)(C)C)N[C@H]1CCN(C(C)=O)C1. The Morgan fingerprint density at radius 3 is 2.50 bits per heavy atom. The molecule has 1 heterocycles. The third kappa shape index (κ3) is 4.47. The summed E-state index contributed by atoms with van der Waals surface area (Å²) in [5, 5.41) is 3.34. The summed E-state index contributed by atoms with van der Waals surface area (Å²) < 4.78 is 0. The Morgan fingerprint density at radius 1 is 1.45 bits per heavy atom. The number of carbonyl (C=O) groups is 1. The highest BCUT2D eigenvalue weighted by molar-refractivity contribution is 5.99. The van der Waals surface area contributed by atoms with E-state index >= 15 is 0 Å². The van der Waals surface area contributed by atoms with Crippen LogP contribution in [-0.4, -0.2) is 49.4 Å². The third-order valence-electron chi connectivity index (χ3n) is 3.44. The topological polar surface area (TPSA) is 57.1 Å². The lowest BCUT2D eigenvalue weighted by atomic mass is 9.89. The van der Waals surface area contributed by atoms with E-state index in [1.54, 1.807) is 14.0 Å². The van der Waals surface area contributed by atoms with Gasteiger partial charge in [0.15, 0.2) is 0 Å². The van der Waals surface area contributed by atoms with Crippen LogP contribution in [0.1, 0.15) is 34.1 Å². The van der Waals surface area contributed by atoms with Crippen molar-refractivity contribution in [2.75, 3.05) is 20.1 Å². The van der Waals surface area contributed by atoms with Crippen molar-refractivity contribution in [3.63, 3.8) is 0 Å². The number of nitrogens with one attached hydrogen (secondary N) is 1. The molecular weight excluding hydrogens is 252 g/mol. The molecule has 20 heavy (non-hydrogen) atoms. The fourth-order valence-corrected chi connectivity index (χ4v) is 2.25. The van der Waals surface area contributed by atoms with Gasteiger partial charge in [-0.1, -0.05) is 20.8 Å². The van der Waals surface area contributed by atoms with Crippen LogP contribution in [0.15, 0.2) is 21.9 Å². The Labute approximate surface area is 121 Å². The van der Waals surface area contributed by atoms with Gasteiger partial charge in [0, 0.05) is 50.3 Å². The van der Waals surface area contributed by atoms with E-state index in [-0.39, 0.29) is 17.4 Å². The molecule has 0 radical (unpaired) electrons. The summed E-state index contributed by atoms with van der Waals surface area (Å²) in [6, 6.07) is 0.230. The second-order valence-corrected chi connectivity index (χ2v) is 6.14. The molecule has 0 spiro atoms. The van der Waals surface area contributed by atoms with E-state index in [0.29, 0.717) is 0 Å². The minimum atomic E-state index is -0.0343. The van der Waals surface area contributed by atoms with Crippen molar-refractivity contribution in [3.8, 4) is 0 Å². The van der Waals surface area contributed by atoms with E-state index in [1.807, 2.05) is 11.0 Å². The molecule has 0 aliphatic carbocycles. The molecule has 1 aliphatic rings. The van der Waals surface area contributed by atoms with Gasteiger partial charge in [-0.05, 0) is 13.1 Å². The molecule has 1 rings (SSSR count). The highest BCUT2D eigenvalue weighted by Gasteiger charge is 2.25. The molecule has 0 saturated carbocycles. The first-order valence-corrected chi connectivity index (χ1v) is 6.95. The van der Waals surface area contributed by atoms with E-state index in [4.69, 9.17) is 0 Å². The monoisotopic (exact) mass is 278 g/mol. The second-order valence-electron chi connectivity index (χ2n) is 6.14. The lowest BCUT2D eigenvalue weighted by molar-refractivity contribution is -0.127. The predicted molar refractivity (Wildman–Crippen MR) is 84.2 cm³/mol. The Bertz CT molecular complexity index is 432. The molecule has 112 valence electrons. The maximum atomic E-state index is 11.3. The molecule has 0 aromatic heterocycles. The molecule has 1 fully saturated rings. The van der Waals surface area contributed by atoms with Crippen molar-refractivity contribution in [2.45, 2.75) is 40.2 Å². The summed E-state index contributed by atoms with van der Waals surface area (Å²) >= 11 is 0. The number of likely N-dealkylation sites (tertiary alicyclic amines) is 1. The molecule has 0 bridgehead atoms. The molecule has 1 saturated heterocycles. The summed E-state index contributed by atoms with van der Waals surface area (Å²) in [6.45, 7) is 13.1. The van der Waals surface area contributed by atoms with Gasteiger partial charge in [-0.25, -0.2) is 4.99 Å². The predicted octanol–water partition coefficient (Wildman–Crippen LogP) is 1.86. The number of carbonyl (C=O) groups excluding carboxylic acids is 1. The number of hydrogen-bond acceptors (Lipinski definition) is 4. The summed E-state index contributed by atoms with van der Waals surface area (Å²) in [5.74, 6) is 0.841. The Morgan fingerprint density at radius 2 is 2.10 bits per heavy atom. The van der Waals surface area contributed by atoms with Crippen LogP contribution in [0.2, 0.25) is 0 Å². The number of hydrogen-bond donors (Lipinski definition) is 1. The van der Waals surface area contributed by atoms with Gasteiger partial charge in [0.25, 0.3) is 0 Å². The van der Waals surface area contributed by atoms with Crippen molar-refractivity contribution in [1.82, 2.24) is 10.2 Å². The molecule has 0 aromatic rings. The fraction of sp³-hybridized carbons (Fsp3) is 0.667. The van der Waals surface area contributed by atoms with Crippen LogP contribution in [0.5, 0.6) is 0 Å². The molecule has 0 aromatic carbocycles. The van der Waals surface area contributed by atoms with Gasteiger partial charge in [0.2, 0.25) is 5.91 Å². The average Bonchev–Trinajstić information content (AvgIpc) is 2.81. The van der Waals surface area contributed by atoms with Crippen LogP contribution >= 0.6 is 0 Å². The smallest absolute Gasteiger partial charge is 0.219 e. The molecular formula is C15H26N4O. The summed E-state index contributed by atoms with van der Waals surface area (Å²) in [5.41, 5.74) is 0.932. The van der Waals surface area contributed by atoms with Gasteiger partial charge in [-0.2, -0.15) is 0 Å². The van der Waals surface area contributed by atoms with E-state index in [1.165, 1.54) is 0 Å². The lowest BCUT2D eigenvalue weighted by Crippen LogP contribution is -2.34. The van der Waals surface area contributed by atoms with Crippen molar-refractivity contribution in [2.24, 2.45) is 15.4 Å². The first kappa shape index (κ1) is 16.4. The first-order chi connectivity index (χ1) is 9.27. The van der Waals surface area contributed by atoms with Crippen LogP contribution in [0.25, 0.3) is 0 Å². The van der Waals surface area contributed by atoms with Gasteiger partial charge < -0.3 is 10.2 Å². The molecule has 1 atom stereocenters. The number of allylic oxidation sites excluding steroid dienone is 1. The molecule has 0 unspecified atom stereocenters. The summed E-state index contributed by atoms with van der Waals surface area (Å²) in [4.78, 5) is 21.5. The zero-order valence-electron chi connectivity index (χ0n) is 13.2. The number of aliphatic imine (C=N–C) groups is 2. The Kier molecular flexibility index (Phi) is 5.48. The number of amides is 1. The van der Waals surface area contributed by atoms with Crippen molar-refractivity contribution in [3.05, 3.63) is 11.9 Å². The first-order valence-electron chi connectivity index (χ1n) is 6.95. The largest absolute Gasteiger partial charge is 0.365 e. The van der Waals surface area contributed by atoms with Crippen molar-refractivity contribution < 1.29 is 4.79 Å². The van der Waals surface area contributed by atoms with E-state index in [9.17, 15) is 4.79 Å². The van der Waals surface area contributed by atoms with Gasteiger partial charge in [0.1, 0.15) is 5.82 Å². The van der Waals surface area contributed by atoms with Gasteiger partial charge in [-0.15, -0.1) is 0 Å². The van der Waals surface area contributed by atoms with Crippen LogP contribution in [0.4, 0.5) is 0 Å². The zero-order chi connectivity index (χ0) is 15.3. The molecule has 5 nitrogen and oxygen atoms in total. The summed E-state index contributed by atoms with van der Waals surface area (Å²) in [6.07, 6.45) is 2.87. The summed E-state index contributed by atoms with van der Waals surface area (Å²) in [7, 11) is 1.78. The normalized spacial score (nSPS) is 21.1. The van der Waals surface area contributed by atoms with Crippen LogP contribution in [-0.2, 0) is 4.79 Å². The standard InChI is InChI=1S/C15H26N4O/c1-11(20)19-8-7-12(10-19)18-14(17-6)9-13(16-5)15(2,3)4/h9,12,18H,6-8,10H2,1-5H3/b14-9+,16-13+/t12-/m0/s1. The van der Waals surface area contributed by atoms with Gasteiger partial charge in [0.05, 0.1) is 0 Å². The minimum Gasteiger partial charge on any atom is -0.365 e. The van der Waals surface area contributed by atoms with E-state index in [0.717, 1.165) is 31.0 Å². The molecule has 1 N–H and O–H groups in total. The number of nitrogens with zero attached hydrogens (tertiary/aromatic N) is 3. The van der Waals surface area contributed by atoms with Crippen LogP contribution in [0, 0.1) is 5.41 Å². The van der Waals surface area contributed by atoms with Crippen molar-refractivity contribution in [1.29, 1.82) is 0 Å². The maximum Gasteiger partial charge on any atom is 0.219 e. The molecule has 5 heteroatoms. The molecule has 1 aliphatic heterocycles. The van der Waals surface area contributed by atoms with E-state index < -0.39 is 0 Å². The van der Waals surface area contributed by atoms with Gasteiger partial charge in [-0.3, -0.25) is 9.79 Å². The van der Waals surface area contributed by atoms with Crippen molar-refractivity contribution >= 4 is 18.3 Å². The zero-order valence-corrected chi connectivity index (χ0v) is 13.2. The van der Waals surface area contributed by atoms with Gasteiger partial charge >= 0.3 is 0 Å². The maximum absolute atomic E-state index is 11.3. The highest BCUT2D eigenvalue weighted by Crippen LogP contribution is 2.18. The fourth-order valence-electron chi connectivity index (χ4n) is 2.25. The minimum absolute atomic E-state index is 0.0343. The Balaban J connectivity index is 2.74.